The zero-order chi connectivity index (χ0) is 14.7. The van der Waals surface area contributed by atoms with Gasteiger partial charge in [-0.05, 0) is 54.5 Å². The van der Waals surface area contributed by atoms with Gasteiger partial charge < -0.3 is 5.32 Å². The van der Waals surface area contributed by atoms with E-state index in [1.807, 2.05) is 12.1 Å². The second-order valence-corrected chi connectivity index (χ2v) is 6.40. The van der Waals surface area contributed by atoms with E-state index in [4.69, 9.17) is 11.6 Å². The number of para-hydroxylation sites is 1. The Labute approximate surface area is 132 Å². The van der Waals surface area contributed by atoms with Crippen molar-refractivity contribution in [2.45, 2.75) is 44.6 Å². The number of hydrogen-bond acceptors (Lipinski definition) is 1. The molecule has 3 rings (SSSR count). The third-order valence-corrected chi connectivity index (χ3v) is 4.63. The smallest absolute Gasteiger partial charge is 0.0406 e. The van der Waals surface area contributed by atoms with Crippen molar-refractivity contribution in [3.05, 3.63) is 64.7 Å². The van der Waals surface area contributed by atoms with Gasteiger partial charge in [-0.25, -0.2) is 0 Å². The molecule has 0 aliphatic heterocycles. The van der Waals surface area contributed by atoms with E-state index in [1.54, 1.807) is 0 Å². The van der Waals surface area contributed by atoms with Gasteiger partial charge in [-0.15, -0.1) is 0 Å². The van der Waals surface area contributed by atoms with Crippen LogP contribution in [0.5, 0.6) is 0 Å². The van der Waals surface area contributed by atoms with Gasteiger partial charge in [0.05, 0.1) is 0 Å². The Morgan fingerprint density at radius 2 is 1.76 bits per heavy atom. The van der Waals surface area contributed by atoms with E-state index in [2.05, 4.69) is 48.6 Å². The first-order valence-electron chi connectivity index (χ1n) is 7.86. The molecular weight excluding hydrogens is 278 g/mol. The number of halogens is 1. The van der Waals surface area contributed by atoms with Crippen molar-refractivity contribution in [3.63, 3.8) is 0 Å². The van der Waals surface area contributed by atoms with E-state index in [-0.39, 0.29) is 0 Å². The number of rotatable bonds is 5. The molecule has 0 radical (unpaired) electrons. The summed E-state index contributed by atoms with van der Waals surface area (Å²) in [4.78, 5) is 0. The molecule has 0 saturated heterocycles. The first-order valence-corrected chi connectivity index (χ1v) is 8.24. The lowest BCUT2D eigenvalue weighted by molar-refractivity contribution is 0.374. The van der Waals surface area contributed by atoms with Crippen LogP contribution in [0.15, 0.2) is 48.5 Å². The molecule has 1 aliphatic rings. The molecule has 0 bridgehead atoms. The molecular formula is C19H22ClN. The molecule has 1 aliphatic carbocycles. The largest absolute Gasteiger partial charge is 0.382 e. The number of aryl methyl sites for hydroxylation is 1. The summed E-state index contributed by atoms with van der Waals surface area (Å²) >= 11 is 5.95. The van der Waals surface area contributed by atoms with Crippen molar-refractivity contribution >= 4 is 17.3 Å². The molecule has 0 heterocycles. The average Bonchev–Trinajstić information content (AvgIpc) is 2.46. The van der Waals surface area contributed by atoms with Crippen molar-refractivity contribution < 1.29 is 0 Å². The monoisotopic (exact) mass is 299 g/mol. The van der Waals surface area contributed by atoms with Gasteiger partial charge in [-0.1, -0.05) is 55.3 Å². The molecule has 2 aromatic rings. The second-order valence-electron chi connectivity index (χ2n) is 5.97. The summed E-state index contributed by atoms with van der Waals surface area (Å²) < 4.78 is 0. The molecule has 1 fully saturated rings. The van der Waals surface area contributed by atoms with E-state index in [1.165, 1.54) is 36.1 Å². The third-order valence-electron chi connectivity index (χ3n) is 4.38. The average molecular weight is 300 g/mol. The van der Waals surface area contributed by atoms with Gasteiger partial charge >= 0.3 is 0 Å². The Morgan fingerprint density at radius 3 is 2.48 bits per heavy atom. The Morgan fingerprint density at radius 1 is 1.05 bits per heavy atom. The Hall–Kier alpha value is -1.47. The van der Waals surface area contributed by atoms with Crippen molar-refractivity contribution in [2.24, 2.45) is 0 Å². The molecule has 1 N–H and O–H groups in total. The van der Waals surface area contributed by atoms with E-state index >= 15 is 0 Å². The third kappa shape index (κ3) is 3.41. The summed E-state index contributed by atoms with van der Waals surface area (Å²) in [5, 5.41) is 4.54. The van der Waals surface area contributed by atoms with Crippen LogP contribution in [0, 0.1) is 0 Å². The lowest BCUT2D eigenvalue weighted by Gasteiger charge is -2.37. The molecule has 0 amide bonds. The maximum absolute atomic E-state index is 5.95. The Balaban J connectivity index is 1.58. The predicted octanol–water partition coefficient (Wildman–Crippen LogP) is 5.65. The number of hydrogen-bond donors (Lipinski definition) is 1. The van der Waals surface area contributed by atoms with Crippen molar-refractivity contribution in [1.82, 2.24) is 0 Å². The zero-order valence-electron chi connectivity index (χ0n) is 12.5. The molecule has 1 saturated carbocycles. The van der Waals surface area contributed by atoms with Crippen LogP contribution in [0.1, 0.15) is 43.2 Å². The van der Waals surface area contributed by atoms with Crippen LogP contribution in [-0.2, 0) is 6.42 Å². The normalized spacial score (nSPS) is 20.9. The molecule has 2 heteroatoms. The number of benzene rings is 2. The molecule has 0 aromatic heterocycles. The van der Waals surface area contributed by atoms with E-state index in [0.29, 0.717) is 12.0 Å². The zero-order valence-corrected chi connectivity index (χ0v) is 13.2. The minimum Gasteiger partial charge on any atom is -0.382 e. The van der Waals surface area contributed by atoms with E-state index < -0.39 is 0 Å². The lowest BCUT2D eigenvalue weighted by atomic mass is 9.75. The maximum atomic E-state index is 5.95. The van der Waals surface area contributed by atoms with Gasteiger partial charge in [-0.3, -0.25) is 0 Å². The molecule has 21 heavy (non-hydrogen) atoms. The summed E-state index contributed by atoms with van der Waals surface area (Å²) in [5.74, 6) is 0.679. The summed E-state index contributed by atoms with van der Waals surface area (Å²) in [6.07, 6.45) is 4.76. The second kappa shape index (κ2) is 6.53. The van der Waals surface area contributed by atoms with Gasteiger partial charge in [-0.2, -0.15) is 0 Å². The summed E-state index contributed by atoms with van der Waals surface area (Å²) in [6.45, 7) is 2.23. The molecule has 1 nitrogen and oxygen atoms in total. The highest BCUT2D eigenvalue weighted by molar-refractivity contribution is 6.30. The van der Waals surface area contributed by atoms with Crippen LogP contribution in [0.4, 0.5) is 5.69 Å². The van der Waals surface area contributed by atoms with Crippen LogP contribution in [-0.4, -0.2) is 6.04 Å². The fraction of sp³-hybridized carbons (Fsp3) is 0.368. The van der Waals surface area contributed by atoms with Crippen LogP contribution >= 0.6 is 11.6 Å². The molecule has 110 valence electrons. The summed E-state index contributed by atoms with van der Waals surface area (Å²) in [7, 11) is 0. The van der Waals surface area contributed by atoms with Crippen molar-refractivity contribution in [1.29, 1.82) is 0 Å². The molecule has 0 unspecified atom stereocenters. The van der Waals surface area contributed by atoms with E-state index in [9.17, 15) is 0 Å². The topological polar surface area (TPSA) is 12.0 Å². The van der Waals surface area contributed by atoms with Crippen LogP contribution in [0.25, 0.3) is 0 Å². The molecule has 2 aromatic carbocycles. The summed E-state index contributed by atoms with van der Waals surface area (Å²) in [5.41, 5.74) is 4.17. The lowest BCUT2D eigenvalue weighted by Crippen LogP contribution is -2.34. The fourth-order valence-corrected chi connectivity index (χ4v) is 3.24. The highest BCUT2D eigenvalue weighted by Gasteiger charge is 2.30. The van der Waals surface area contributed by atoms with Gasteiger partial charge in [0.2, 0.25) is 0 Å². The van der Waals surface area contributed by atoms with Crippen LogP contribution in [0.2, 0.25) is 5.02 Å². The van der Waals surface area contributed by atoms with Gasteiger partial charge in [0.1, 0.15) is 0 Å². The minimum absolute atomic E-state index is 0.601. The maximum Gasteiger partial charge on any atom is 0.0406 e. The fourth-order valence-electron chi connectivity index (χ4n) is 3.11. The number of anilines is 1. The van der Waals surface area contributed by atoms with Crippen molar-refractivity contribution in [2.75, 3.05) is 5.32 Å². The first kappa shape index (κ1) is 14.5. The Bertz CT molecular complexity index is 585. The minimum atomic E-state index is 0.601. The standard InChI is InChI=1S/C19H22ClN/c1-2-5-15-6-3-4-7-19(15)21-18-12-16(13-18)14-8-10-17(20)11-9-14/h3-4,6-11,16,18,21H,2,5,12-13H2,1H3. The van der Waals surface area contributed by atoms with Gasteiger partial charge in [0.25, 0.3) is 0 Å². The SMILES string of the molecule is CCCc1ccccc1NC1CC(c2ccc(Cl)cc2)C1. The van der Waals surface area contributed by atoms with Crippen LogP contribution in [0.3, 0.4) is 0 Å². The summed E-state index contributed by atoms with van der Waals surface area (Å²) in [6, 6.07) is 17.6. The van der Waals surface area contributed by atoms with Gasteiger partial charge in [0.15, 0.2) is 0 Å². The number of nitrogens with one attached hydrogen (secondary N) is 1. The molecule has 0 spiro atoms. The first-order chi connectivity index (χ1) is 10.3. The van der Waals surface area contributed by atoms with Gasteiger partial charge in [0, 0.05) is 16.8 Å². The van der Waals surface area contributed by atoms with Crippen molar-refractivity contribution in [3.8, 4) is 0 Å². The van der Waals surface area contributed by atoms with Crippen LogP contribution < -0.4 is 5.32 Å². The predicted molar refractivity (Wildman–Crippen MR) is 91.3 cm³/mol. The van der Waals surface area contributed by atoms with E-state index in [0.717, 1.165) is 11.4 Å². The quantitative estimate of drug-likeness (QED) is 0.752. The highest BCUT2D eigenvalue weighted by Crippen LogP contribution is 2.39. The molecule has 0 atom stereocenters. The highest BCUT2D eigenvalue weighted by atomic mass is 35.5. The Kier molecular flexibility index (Phi) is 4.50.